The standard InChI is InChI=1S/C18H35N3O3.ClH/c1-13(2)10-15(22)21-16(14(3)4)17(23)20-11-18(12-24-5)6-8-19-9-7-18;/h13-14,16,19H,6-12H2,1-5H3,(H,20,23)(H,21,22);1H. The van der Waals surface area contributed by atoms with E-state index in [9.17, 15) is 9.59 Å². The predicted molar refractivity (Wildman–Crippen MR) is 103 cm³/mol. The second-order valence-electron chi connectivity index (χ2n) is 7.79. The van der Waals surface area contributed by atoms with E-state index in [-0.39, 0.29) is 41.5 Å². The van der Waals surface area contributed by atoms with Crippen LogP contribution in [0.25, 0.3) is 0 Å². The summed E-state index contributed by atoms with van der Waals surface area (Å²) >= 11 is 0. The van der Waals surface area contributed by atoms with E-state index in [1.807, 2.05) is 27.7 Å². The van der Waals surface area contributed by atoms with E-state index in [1.165, 1.54) is 0 Å². The van der Waals surface area contributed by atoms with E-state index in [1.54, 1.807) is 7.11 Å². The second-order valence-corrected chi connectivity index (χ2v) is 7.79. The fraction of sp³-hybridized carbons (Fsp3) is 0.889. The van der Waals surface area contributed by atoms with Crippen molar-refractivity contribution in [3.05, 3.63) is 0 Å². The van der Waals surface area contributed by atoms with Crippen LogP contribution in [-0.2, 0) is 14.3 Å². The molecule has 0 aliphatic carbocycles. The topological polar surface area (TPSA) is 79.5 Å². The quantitative estimate of drug-likeness (QED) is 0.571. The number of ether oxygens (including phenoxy) is 1. The number of carbonyl (C=O) groups excluding carboxylic acids is 2. The third-order valence-corrected chi connectivity index (χ3v) is 4.61. The number of methoxy groups -OCH3 is 1. The number of nitrogens with one attached hydrogen (secondary N) is 3. The molecule has 1 saturated heterocycles. The summed E-state index contributed by atoms with van der Waals surface area (Å²) in [7, 11) is 1.70. The summed E-state index contributed by atoms with van der Waals surface area (Å²) < 4.78 is 5.38. The van der Waals surface area contributed by atoms with Crippen LogP contribution in [0.15, 0.2) is 0 Å². The fourth-order valence-electron chi connectivity index (χ4n) is 3.16. The highest BCUT2D eigenvalue weighted by Crippen LogP contribution is 2.28. The minimum atomic E-state index is -0.488. The van der Waals surface area contributed by atoms with E-state index in [0.717, 1.165) is 25.9 Å². The van der Waals surface area contributed by atoms with E-state index in [0.29, 0.717) is 19.6 Å². The van der Waals surface area contributed by atoms with Gasteiger partial charge in [-0.2, -0.15) is 0 Å². The highest BCUT2D eigenvalue weighted by atomic mass is 35.5. The molecule has 1 aliphatic rings. The lowest BCUT2D eigenvalue weighted by molar-refractivity contribution is -0.131. The molecule has 0 aromatic heterocycles. The molecule has 1 atom stereocenters. The zero-order valence-electron chi connectivity index (χ0n) is 16.3. The van der Waals surface area contributed by atoms with Gasteiger partial charge in [-0.15, -0.1) is 12.4 Å². The largest absolute Gasteiger partial charge is 0.384 e. The van der Waals surface area contributed by atoms with Gasteiger partial charge in [0, 0.05) is 25.5 Å². The maximum absolute atomic E-state index is 12.6. The summed E-state index contributed by atoms with van der Waals surface area (Å²) in [6.07, 6.45) is 2.40. The van der Waals surface area contributed by atoms with Crippen LogP contribution < -0.4 is 16.0 Å². The summed E-state index contributed by atoms with van der Waals surface area (Å²) in [4.78, 5) is 24.6. The van der Waals surface area contributed by atoms with Crippen molar-refractivity contribution in [1.29, 1.82) is 0 Å². The van der Waals surface area contributed by atoms with Gasteiger partial charge in [0.05, 0.1) is 6.61 Å². The Bertz CT molecular complexity index is 405. The van der Waals surface area contributed by atoms with Crippen molar-refractivity contribution in [3.8, 4) is 0 Å². The molecule has 1 unspecified atom stereocenters. The molecule has 148 valence electrons. The van der Waals surface area contributed by atoms with Crippen LogP contribution in [0.1, 0.15) is 47.0 Å². The van der Waals surface area contributed by atoms with Gasteiger partial charge in [0.2, 0.25) is 11.8 Å². The first kappa shape index (κ1) is 24.1. The molecule has 6 nitrogen and oxygen atoms in total. The molecule has 0 saturated carbocycles. The molecule has 1 rings (SSSR count). The zero-order valence-corrected chi connectivity index (χ0v) is 17.1. The highest BCUT2D eigenvalue weighted by molar-refractivity contribution is 5.87. The number of rotatable bonds is 9. The molecule has 0 radical (unpaired) electrons. The molecule has 25 heavy (non-hydrogen) atoms. The Balaban J connectivity index is 0.00000576. The van der Waals surface area contributed by atoms with Crippen LogP contribution in [0.4, 0.5) is 0 Å². The highest BCUT2D eigenvalue weighted by Gasteiger charge is 2.34. The van der Waals surface area contributed by atoms with Crippen molar-refractivity contribution in [2.45, 2.75) is 53.0 Å². The molecule has 0 spiro atoms. The first-order chi connectivity index (χ1) is 11.3. The normalized spacial score (nSPS) is 17.7. The van der Waals surface area contributed by atoms with Crippen LogP contribution >= 0.6 is 12.4 Å². The number of hydrogen-bond acceptors (Lipinski definition) is 4. The van der Waals surface area contributed by atoms with Gasteiger partial charge in [0.15, 0.2) is 0 Å². The minimum absolute atomic E-state index is 0. The van der Waals surface area contributed by atoms with Gasteiger partial charge < -0.3 is 20.7 Å². The monoisotopic (exact) mass is 377 g/mol. The summed E-state index contributed by atoms with van der Waals surface area (Å²) in [6, 6.07) is -0.488. The first-order valence-electron chi connectivity index (χ1n) is 9.06. The Kier molecular flexibility index (Phi) is 11.3. The van der Waals surface area contributed by atoms with Crippen molar-refractivity contribution in [1.82, 2.24) is 16.0 Å². The molecule has 1 fully saturated rings. The molecule has 0 aromatic rings. The zero-order chi connectivity index (χ0) is 18.2. The third kappa shape index (κ3) is 8.38. The van der Waals surface area contributed by atoms with Crippen molar-refractivity contribution in [2.24, 2.45) is 17.3 Å². The lowest BCUT2D eigenvalue weighted by Crippen LogP contribution is -2.53. The maximum atomic E-state index is 12.6. The molecular formula is C18H36ClN3O3. The minimum Gasteiger partial charge on any atom is -0.384 e. The summed E-state index contributed by atoms with van der Waals surface area (Å²) in [5, 5.41) is 9.29. The predicted octanol–water partition coefficient (Wildman–Crippen LogP) is 1.73. The SMILES string of the molecule is COCC1(CNC(=O)C(NC(=O)CC(C)C)C(C)C)CCNCC1.Cl. The molecule has 1 aliphatic heterocycles. The number of piperidine rings is 1. The van der Waals surface area contributed by atoms with Crippen LogP contribution in [0.3, 0.4) is 0 Å². The van der Waals surface area contributed by atoms with Crippen LogP contribution in [-0.4, -0.2) is 51.2 Å². The summed E-state index contributed by atoms with van der Waals surface area (Å²) in [5.74, 6) is 0.163. The van der Waals surface area contributed by atoms with Gasteiger partial charge in [0.25, 0.3) is 0 Å². The van der Waals surface area contributed by atoms with Crippen molar-refractivity contribution >= 4 is 24.2 Å². The molecule has 0 aromatic carbocycles. The number of hydrogen-bond donors (Lipinski definition) is 3. The Hall–Kier alpha value is -0.850. The van der Waals surface area contributed by atoms with Crippen molar-refractivity contribution < 1.29 is 14.3 Å². The smallest absolute Gasteiger partial charge is 0.242 e. The van der Waals surface area contributed by atoms with E-state index >= 15 is 0 Å². The molecule has 1 heterocycles. The number of amides is 2. The average molecular weight is 378 g/mol. The van der Waals surface area contributed by atoms with E-state index in [2.05, 4.69) is 16.0 Å². The number of carbonyl (C=O) groups is 2. The Morgan fingerprint density at radius 1 is 1.16 bits per heavy atom. The lowest BCUT2D eigenvalue weighted by Gasteiger charge is -2.37. The fourth-order valence-corrected chi connectivity index (χ4v) is 3.16. The first-order valence-corrected chi connectivity index (χ1v) is 9.06. The van der Waals surface area contributed by atoms with Crippen molar-refractivity contribution in [3.63, 3.8) is 0 Å². The van der Waals surface area contributed by atoms with Gasteiger partial charge in [-0.05, 0) is 37.8 Å². The van der Waals surface area contributed by atoms with Gasteiger partial charge in [-0.25, -0.2) is 0 Å². The van der Waals surface area contributed by atoms with Gasteiger partial charge in [0.1, 0.15) is 6.04 Å². The summed E-state index contributed by atoms with van der Waals surface area (Å²) in [6.45, 7) is 11.0. The van der Waals surface area contributed by atoms with Crippen LogP contribution in [0.5, 0.6) is 0 Å². The van der Waals surface area contributed by atoms with Crippen LogP contribution in [0.2, 0.25) is 0 Å². The number of halogens is 1. The molecule has 0 bridgehead atoms. The van der Waals surface area contributed by atoms with Gasteiger partial charge in [-0.3, -0.25) is 9.59 Å². The molecular weight excluding hydrogens is 342 g/mol. The second kappa shape index (κ2) is 11.7. The third-order valence-electron chi connectivity index (χ3n) is 4.61. The Morgan fingerprint density at radius 3 is 2.24 bits per heavy atom. The maximum Gasteiger partial charge on any atom is 0.242 e. The molecule has 2 amide bonds. The van der Waals surface area contributed by atoms with Crippen LogP contribution in [0, 0.1) is 17.3 Å². The molecule has 7 heteroatoms. The summed E-state index contributed by atoms with van der Waals surface area (Å²) in [5.41, 5.74) is -0.0148. The van der Waals surface area contributed by atoms with E-state index < -0.39 is 6.04 Å². The Morgan fingerprint density at radius 2 is 1.76 bits per heavy atom. The van der Waals surface area contributed by atoms with Gasteiger partial charge in [-0.1, -0.05) is 27.7 Å². The lowest BCUT2D eigenvalue weighted by atomic mass is 9.79. The molecule has 3 N–H and O–H groups in total. The Labute approximate surface area is 158 Å². The average Bonchev–Trinajstić information content (AvgIpc) is 2.50. The van der Waals surface area contributed by atoms with Crippen molar-refractivity contribution in [2.75, 3.05) is 33.4 Å². The van der Waals surface area contributed by atoms with Gasteiger partial charge >= 0.3 is 0 Å². The van der Waals surface area contributed by atoms with E-state index in [4.69, 9.17) is 4.74 Å².